The van der Waals surface area contributed by atoms with Crippen LogP contribution in [0.4, 0.5) is 5.82 Å². The lowest BCUT2D eigenvalue weighted by molar-refractivity contribution is 0.910. The SMILES string of the molecule is CNC/C=C(/C)n1c(C)c2ccccc2c1N. The number of benzene rings is 1. The molecule has 0 amide bonds. The smallest absolute Gasteiger partial charge is 0.115 e. The number of hydrogen-bond donors (Lipinski definition) is 2. The summed E-state index contributed by atoms with van der Waals surface area (Å²) in [4.78, 5) is 0. The minimum Gasteiger partial charge on any atom is -0.384 e. The summed E-state index contributed by atoms with van der Waals surface area (Å²) in [7, 11) is 1.94. The third-order valence-electron chi connectivity index (χ3n) is 3.12. The predicted octanol–water partition coefficient (Wildman–Crippen LogP) is 2.61. The molecule has 0 aliphatic rings. The van der Waals surface area contributed by atoms with Crippen molar-refractivity contribution in [3.05, 3.63) is 36.0 Å². The number of rotatable bonds is 3. The number of aromatic nitrogens is 1. The zero-order valence-corrected chi connectivity index (χ0v) is 10.6. The van der Waals surface area contributed by atoms with E-state index in [0.717, 1.165) is 23.4 Å². The fourth-order valence-corrected chi connectivity index (χ4v) is 2.24. The van der Waals surface area contributed by atoms with Gasteiger partial charge in [0.2, 0.25) is 0 Å². The number of nitrogen functional groups attached to an aromatic ring is 1. The average Bonchev–Trinajstić information content (AvgIpc) is 2.60. The van der Waals surface area contributed by atoms with Gasteiger partial charge >= 0.3 is 0 Å². The molecule has 0 unspecified atom stereocenters. The highest BCUT2D eigenvalue weighted by Crippen LogP contribution is 2.30. The molecule has 0 saturated heterocycles. The van der Waals surface area contributed by atoms with Gasteiger partial charge in [-0.1, -0.05) is 30.3 Å². The number of allylic oxidation sites excluding steroid dienone is 1. The highest BCUT2D eigenvalue weighted by Gasteiger charge is 2.11. The largest absolute Gasteiger partial charge is 0.384 e. The summed E-state index contributed by atoms with van der Waals surface area (Å²) in [6.07, 6.45) is 2.14. The summed E-state index contributed by atoms with van der Waals surface area (Å²) in [5.41, 5.74) is 8.57. The van der Waals surface area contributed by atoms with E-state index in [1.54, 1.807) is 0 Å². The Labute approximate surface area is 102 Å². The van der Waals surface area contributed by atoms with E-state index < -0.39 is 0 Å². The van der Waals surface area contributed by atoms with Crippen molar-refractivity contribution in [3.63, 3.8) is 0 Å². The predicted molar refractivity (Wildman–Crippen MR) is 75.0 cm³/mol. The summed E-state index contributed by atoms with van der Waals surface area (Å²) in [6, 6.07) is 8.25. The Morgan fingerprint density at radius 2 is 2.00 bits per heavy atom. The summed E-state index contributed by atoms with van der Waals surface area (Å²) in [5, 5.41) is 5.46. The van der Waals surface area contributed by atoms with Gasteiger partial charge in [0.25, 0.3) is 0 Å². The molecule has 0 bridgehead atoms. The van der Waals surface area contributed by atoms with Gasteiger partial charge < -0.3 is 15.6 Å². The van der Waals surface area contributed by atoms with E-state index >= 15 is 0 Å². The van der Waals surface area contributed by atoms with E-state index in [1.807, 2.05) is 19.2 Å². The molecule has 0 aliphatic heterocycles. The van der Waals surface area contributed by atoms with Crippen LogP contribution in [0.1, 0.15) is 12.6 Å². The number of aryl methyl sites for hydroxylation is 1. The van der Waals surface area contributed by atoms with Crippen molar-refractivity contribution >= 4 is 22.3 Å². The standard InChI is InChI=1S/C14H19N3/c1-10(8-9-16-3)17-11(2)12-6-4-5-7-13(12)14(17)15/h4-8,16H,9,15H2,1-3H3/b10-8-. The molecule has 17 heavy (non-hydrogen) atoms. The topological polar surface area (TPSA) is 43.0 Å². The molecular formula is C14H19N3. The molecule has 0 spiro atoms. The maximum absolute atomic E-state index is 6.21. The maximum Gasteiger partial charge on any atom is 0.115 e. The highest BCUT2D eigenvalue weighted by molar-refractivity contribution is 5.96. The second-order valence-electron chi connectivity index (χ2n) is 4.25. The number of nitrogens with two attached hydrogens (primary N) is 1. The summed E-state index contributed by atoms with van der Waals surface area (Å²) in [6.45, 7) is 5.04. The summed E-state index contributed by atoms with van der Waals surface area (Å²) in [5.74, 6) is 0.822. The Hall–Kier alpha value is -1.74. The van der Waals surface area contributed by atoms with Crippen LogP contribution in [0.5, 0.6) is 0 Å². The molecule has 0 atom stereocenters. The van der Waals surface area contributed by atoms with Crippen LogP contribution in [0.3, 0.4) is 0 Å². The molecule has 3 N–H and O–H groups in total. The zero-order valence-electron chi connectivity index (χ0n) is 10.6. The molecule has 1 heterocycles. The van der Waals surface area contributed by atoms with Crippen molar-refractivity contribution in [2.24, 2.45) is 0 Å². The molecule has 1 aromatic heterocycles. The minimum absolute atomic E-state index is 0.822. The van der Waals surface area contributed by atoms with Gasteiger partial charge in [-0.2, -0.15) is 0 Å². The van der Waals surface area contributed by atoms with E-state index in [1.165, 1.54) is 11.1 Å². The molecule has 2 aromatic rings. The van der Waals surface area contributed by atoms with Crippen molar-refractivity contribution in [2.75, 3.05) is 19.3 Å². The van der Waals surface area contributed by atoms with E-state index in [-0.39, 0.29) is 0 Å². The number of hydrogen-bond acceptors (Lipinski definition) is 2. The number of anilines is 1. The normalized spacial score (nSPS) is 12.3. The minimum atomic E-state index is 0.822. The molecule has 1 aromatic carbocycles. The lowest BCUT2D eigenvalue weighted by Gasteiger charge is -2.09. The number of nitrogens with zero attached hydrogens (tertiary/aromatic N) is 1. The van der Waals surface area contributed by atoms with Crippen LogP contribution in [0.2, 0.25) is 0 Å². The fourth-order valence-electron chi connectivity index (χ4n) is 2.24. The molecule has 3 heteroatoms. The number of nitrogens with one attached hydrogen (secondary N) is 1. The van der Waals surface area contributed by atoms with Crippen molar-refractivity contribution in [3.8, 4) is 0 Å². The van der Waals surface area contributed by atoms with Crippen molar-refractivity contribution in [1.82, 2.24) is 9.88 Å². The van der Waals surface area contributed by atoms with Crippen LogP contribution < -0.4 is 11.1 Å². The Balaban J connectivity index is 2.62. The lowest BCUT2D eigenvalue weighted by Crippen LogP contribution is -2.08. The Kier molecular flexibility index (Phi) is 3.20. The van der Waals surface area contributed by atoms with E-state index in [2.05, 4.69) is 41.9 Å². The lowest BCUT2D eigenvalue weighted by atomic mass is 10.2. The van der Waals surface area contributed by atoms with Gasteiger partial charge in [0.05, 0.1) is 0 Å². The first-order valence-electron chi connectivity index (χ1n) is 5.84. The van der Waals surface area contributed by atoms with Crippen LogP contribution >= 0.6 is 0 Å². The molecule has 90 valence electrons. The van der Waals surface area contributed by atoms with Gasteiger partial charge in [-0.3, -0.25) is 0 Å². The van der Waals surface area contributed by atoms with Crippen molar-refractivity contribution < 1.29 is 0 Å². The first-order valence-corrected chi connectivity index (χ1v) is 5.84. The summed E-state index contributed by atoms with van der Waals surface area (Å²) < 4.78 is 2.11. The number of likely N-dealkylation sites (N-methyl/N-ethyl adjacent to an activating group) is 1. The highest BCUT2D eigenvalue weighted by atomic mass is 15.1. The fraction of sp³-hybridized carbons (Fsp3) is 0.286. The second kappa shape index (κ2) is 4.63. The van der Waals surface area contributed by atoms with Crippen LogP contribution in [-0.2, 0) is 0 Å². The Morgan fingerprint density at radius 3 is 2.59 bits per heavy atom. The van der Waals surface area contributed by atoms with Crippen LogP contribution in [0.25, 0.3) is 16.5 Å². The number of fused-ring (bicyclic) bond motifs is 1. The van der Waals surface area contributed by atoms with Crippen LogP contribution in [0, 0.1) is 6.92 Å². The molecule has 0 fully saturated rings. The van der Waals surface area contributed by atoms with E-state index in [9.17, 15) is 0 Å². The van der Waals surface area contributed by atoms with E-state index in [4.69, 9.17) is 5.73 Å². The van der Waals surface area contributed by atoms with Crippen LogP contribution in [-0.4, -0.2) is 18.2 Å². The van der Waals surface area contributed by atoms with Crippen molar-refractivity contribution in [1.29, 1.82) is 0 Å². The molecule has 3 nitrogen and oxygen atoms in total. The second-order valence-corrected chi connectivity index (χ2v) is 4.25. The van der Waals surface area contributed by atoms with Gasteiger partial charge in [-0.25, -0.2) is 0 Å². The Morgan fingerprint density at radius 1 is 1.35 bits per heavy atom. The third-order valence-corrected chi connectivity index (χ3v) is 3.12. The zero-order chi connectivity index (χ0) is 12.4. The van der Waals surface area contributed by atoms with Gasteiger partial charge in [-0.05, 0) is 20.9 Å². The first kappa shape index (κ1) is 11.7. The van der Waals surface area contributed by atoms with Gasteiger partial charge in [0.1, 0.15) is 5.82 Å². The third kappa shape index (κ3) is 1.94. The van der Waals surface area contributed by atoms with Gasteiger partial charge in [0, 0.05) is 28.7 Å². The van der Waals surface area contributed by atoms with Crippen LogP contribution in [0.15, 0.2) is 30.3 Å². The average molecular weight is 229 g/mol. The maximum atomic E-state index is 6.21. The molecule has 0 aliphatic carbocycles. The molecule has 0 radical (unpaired) electrons. The molecular weight excluding hydrogens is 210 g/mol. The summed E-state index contributed by atoms with van der Waals surface area (Å²) >= 11 is 0. The Bertz CT molecular complexity index is 525. The quantitative estimate of drug-likeness (QED) is 0.849. The van der Waals surface area contributed by atoms with Gasteiger partial charge in [0.15, 0.2) is 0 Å². The first-order chi connectivity index (χ1) is 8.16. The molecule has 2 rings (SSSR count). The monoisotopic (exact) mass is 229 g/mol. The van der Waals surface area contributed by atoms with Crippen molar-refractivity contribution in [2.45, 2.75) is 13.8 Å². The van der Waals surface area contributed by atoms with E-state index in [0.29, 0.717) is 0 Å². The van der Waals surface area contributed by atoms with Gasteiger partial charge in [-0.15, -0.1) is 0 Å². The molecule has 0 saturated carbocycles.